The molecule has 5 rings (SSSR count). The number of rotatable bonds is 5. The Kier molecular flexibility index (Phi) is 4.69. The maximum Gasteiger partial charge on any atom is 0.289 e. The van der Waals surface area contributed by atoms with E-state index in [9.17, 15) is 4.79 Å². The Balaban J connectivity index is 1.31. The Morgan fingerprint density at radius 2 is 1.83 bits per heavy atom. The Labute approximate surface area is 174 Å². The van der Waals surface area contributed by atoms with Crippen LogP contribution in [0.2, 0.25) is 0 Å². The van der Waals surface area contributed by atoms with Crippen LogP contribution in [0.5, 0.6) is 0 Å². The lowest BCUT2D eigenvalue weighted by Gasteiger charge is -2.06. The number of hydrogen-bond donors (Lipinski definition) is 2. The van der Waals surface area contributed by atoms with E-state index in [1.807, 2.05) is 36.4 Å². The molecule has 4 aromatic rings. The minimum Gasteiger partial charge on any atom is -0.272 e. The highest BCUT2D eigenvalue weighted by Crippen LogP contribution is 2.36. The second-order valence-corrected chi connectivity index (χ2v) is 7.27. The molecule has 2 N–H and O–H groups in total. The lowest BCUT2D eigenvalue weighted by Crippen LogP contribution is -2.17. The van der Waals surface area contributed by atoms with Crippen molar-refractivity contribution in [3.05, 3.63) is 95.2 Å². The summed E-state index contributed by atoms with van der Waals surface area (Å²) in [5.41, 5.74) is 8.52. The largest absolute Gasteiger partial charge is 0.289 e. The molecule has 146 valence electrons. The molecule has 1 aromatic heterocycles. The van der Waals surface area contributed by atoms with E-state index in [0.29, 0.717) is 5.69 Å². The summed E-state index contributed by atoms with van der Waals surface area (Å²) in [7, 11) is 0. The molecular formula is C25H20N4O. The molecule has 3 aromatic carbocycles. The number of aromatic nitrogens is 2. The lowest BCUT2D eigenvalue weighted by molar-refractivity contribution is 0.0950. The van der Waals surface area contributed by atoms with Crippen molar-refractivity contribution in [2.24, 2.45) is 5.10 Å². The quantitative estimate of drug-likeness (QED) is 0.380. The van der Waals surface area contributed by atoms with Crippen molar-refractivity contribution in [3.63, 3.8) is 0 Å². The third-order valence-corrected chi connectivity index (χ3v) is 5.39. The van der Waals surface area contributed by atoms with Gasteiger partial charge in [0.2, 0.25) is 0 Å². The van der Waals surface area contributed by atoms with Crippen LogP contribution in [0.4, 0.5) is 0 Å². The van der Waals surface area contributed by atoms with Crippen molar-refractivity contribution < 1.29 is 4.79 Å². The van der Waals surface area contributed by atoms with E-state index >= 15 is 0 Å². The van der Waals surface area contributed by atoms with Gasteiger partial charge in [-0.05, 0) is 52.4 Å². The van der Waals surface area contributed by atoms with Crippen LogP contribution in [0.25, 0.3) is 28.1 Å². The summed E-state index contributed by atoms with van der Waals surface area (Å²) in [5, 5.41) is 13.7. The summed E-state index contributed by atoms with van der Waals surface area (Å²) in [4.78, 5) is 12.4. The van der Waals surface area contributed by atoms with Gasteiger partial charge in [0, 0.05) is 11.8 Å². The molecule has 0 fully saturated rings. The van der Waals surface area contributed by atoms with E-state index in [0.717, 1.165) is 29.7 Å². The molecule has 5 heteroatoms. The van der Waals surface area contributed by atoms with Gasteiger partial charge >= 0.3 is 0 Å². The van der Waals surface area contributed by atoms with Crippen LogP contribution in [0.3, 0.4) is 0 Å². The normalized spacial score (nSPS) is 12.9. The number of benzene rings is 3. The number of aromatic amines is 1. The third-order valence-electron chi connectivity index (χ3n) is 5.39. The van der Waals surface area contributed by atoms with Crippen LogP contribution in [0.1, 0.15) is 27.2 Å². The number of hydrazone groups is 1. The van der Waals surface area contributed by atoms with Gasteiger partial charge in [-0.2, -0.15) is 10.2 Å². The number of nitrogens with one attached hydrogen (secondary N) is 2. The van der Waals surface area contributed by atoms with E-state index in [2.05, 4.69) is 51.1 Å². The molecular weight excluding hydrogens is 372 g/mol. The molecule has 0 unspecified atom stereocenters. The third kappa shape index (κ3) is 3.42. The van der Waals surface area contributed by atoms with Gasteiger partial charge < -0.3 is 0 Å². The zero-order valence-corrected chi connectivity index (χ0v) is 16.3. The highest BCUT2D eigenvalue weighted by molar-refractivity contribution is 6.02. The topological polar surface area (TPSA) is 70.1 Å². The number of hydrogen-bond acceptors (Lipinski definition) is 3. The molecule has 30 heavy (non-hydrogen) atoms. The summed E-state index contributed by atoms with van der Waals surface area (Å²) in [6.07, 6.45) is 7.41. The van der Waals surface area contributed by atoms with Crippen LogP contribution >= 0.6 is 0 Å². The Bertz CT molecular complexity index is 1280. The summed E-state index contributed by atoms with van der Waals surface area (Å²) in [6.45, 7) is 0. The Morgan fingerprint density at radius 1 is 1.00 bits per heavy atom. The van der Waals surface area contributed by atoms with Gasteiger partial charge in [-0.15, -0.1) is 0 Å². The molecule has 0 radical (unpaired) electrons. The maximum atomic E-state index is 12.4. The molecule has 0 aliphatic heterocycles. The fourth-order valence-electron chi connectivity index (χ4n) is 3.96. The number of aryl methyl sites for hydroxylation is 2. The van der Waals surface area contributed by atoms with E-state index in [4.69, 9.17) is 0 Å². The molecule has 1 heterocycles. The standard InChI is InChI=1S/C25H20N4O/c30-25(29-26-15-5-8-17-6-2-1-3-7-17)23-16-22(27-28-23)20-14-13-19-12-11-18-9-4-10-21(20)24(18)19/h1-10,13-16H,11-12H2,(H,27,28)(H,29,30). The molecule has 1 aliphatic rings. The van der Waals surface area contributed by atoms with Crippen molar-refractivity contribution in [1.82, 2.24) is 15.6 Å². The summed E-state index contributed by atoms with van der Waals surface area (Å²) in [5.74, 6) is -0.330. The molecule has 0 bridgehead atoms. The zero-order valence-electron chi connectivity index (χ0n) is 16.3. The maximum absolute atomic E-state index is 12.4. The van der Waals surface area contributed by atoms with E-state index < -0.39 is 0 Å². The number of carbonyl (C=O) groups excluding carboxylic acids is 1. The number of allylic oxidation sites excluding steroid dienone is 1. The smallest absolute Gasteiger partial charge is 0.272 e. The van der Waals surface area contributed by atoms with Gasteiger partial charge in [0.05, 0.1) is 5.69 Å². The predicted octanol–water partition coefficient (Wildman–Crippen LogP) is 4.76. The van der Waals surface area contributed by atoms with Crippen molar-refractivity contribution in [2.45, 2.75) is 12.8 Å². The zero-order chi connectivity index (χ0) is 20.3. The Hall–Kier alpha value is -3.99. The Morgan fingerprint density at radius 3 is 2.70 bits per heavy atom. The van der Waals surface area contributed by atoms with Gasteiger partial charge in [0.15, 0.2) is 0 Å². The van der Waals surface area contributed by atoms with Crippen molar-refractivity contribution in [3.8, 4) is 11.3 Å². The second-order valence-electron chi connectivity index (χ2n) is 7.27. The SMILES string of the molecule is O=C(NN=CC=Cc1ccccc1)c1cc(-c2ccc3c4c(cccc24)CC3)n[nH]1. The first kappa shape index (κ1) is 18.1. The van der Waals surface area contributed by atoms with Crippen LogP contribution < -0.4 is 5.43 Å². The fraction of sp³-hybridized carbons (Fsp3) is 0.0800. The van der Waals surface area contributed by atoms with Crippen LogP contribution in [0.15, 0.2) is 77.9 Å². The monoisotopic (exact) mass is 392 g/mol. The predicted molar refractivity (Wildman–Crippen MR) is 120 cm³/mol. The van der Waals surface area contributed by atoms with Gasteiger partial charge in [0.1, 0.15) is 5.69 Å². The average Bonchev–Trinajstić information content (AvgIpc) is 3.43. The first-order chi connectivity index (χ1) is 14.8. The molecule has 0 atom stereocenters. The average molecular weight is 392 g/mol. The van der Waals surface area contributed by atoms with Gasteiger partial charge in [-0.25, -0.2) is 5.43 Å². The highest BCUT2D eigenvalue weighted by atomic mass is 16.2. The highest BCUT2D eigenvalue weighted by Gasteiger charge is 2.18. The molecule has 0 saturated heterocycles. The lowest BCUT2D eigenvalue weighted by atomic mass is 9.98. The molecule has 0 spiro atoms. The number of carbonyl (C=O) groups is 1. The molecule has 5 nitrogen and oxygen atoms in total. The first-order valence-electron chi connectivity index (χ1n) is 9.94. The minimum atomic E-state index is -0.330. The van der Waals surface area contributed by atoms with Gasteiger partial charge in [0.25, 0.3) is 5.91 Å². The van der Waals surface area contributed by atoms with E-state index in [1.165, 1.54) is 21.9 Å². The first-order valence-corrected chi connectivity index (χ1v) is 9.94. The molecule has 1 aliphatic carbocycles. The van der Waals surface area contributed by atoms with Gasteiger partial charge in [-0.3, -0.25) is 9.89 Å². The number of nitrogens with zero attached hydrogens (tertiary/aromatic N) is 2. The van der Waals surface area contributed by atoms with Gasteiger partial charge in [-0.1, -0.05) is 66.7 Å². The van der Waals surface area contributed by atoms with E-state index in [1.54, 1.807) is 18.4 Å². The second kappa shape index (κ2) is 7.79. The number of amides is 1. The summed E-state index contributed by atoms with van der Waals surface area (Å²) < 4.78 is 0. The van der Waals surface area contributed by atoms with Crippen molar-refractivity contribution >= 4 is 29.0 Å². The number of H-pyrrole nitrogens is 1. The summed E-state index contributed by atoms with van der Waals surface area (Å²) >= 11 is 0. The van der Waals surface area contributed by atoms with Crippen LogP contribution in [-0.2, 0) is 12.8 Å². The molecule has 1 amide bonds. The summed E-state index contributed by atoms with van der Waals surface area (Å²) in [6, 6.07) is 22.3. The minimum absolute atomic E-state index is 0.330. The van der Waals surface area contributed by atoms with E-state index in [-0.39, 0.29) is 5.91 Å². The van der Waals surface area contributed by atoms with Crippen LogP contribution in [-0.4, -0.2) is 22.3 Å². The fourth-order valence-corrected chi connectivity index (χ4v) is 3.96. The van der Waals surface area contributed by atoms with Crippen molar-refractivity contribution in [1.29, 1.82) is 0 Å². The molecule has 0 saturated carbocycles. The van der Waals surface area contributed by atoms with Crippen LogP contribution in [0, 0.1) is 0 Å². The van der Waals surface area contributed by atoms with Crippen molar-refractivity contribution in [2.75, 3.05) is 0 Å².